The van der Waals surface area contributed by atoms with Crippen molar-refractivity contribution in [1.82, 2.24) is 15.1 Å². The number of thioether (sulfide) groups is 1. The molecule has 1 aliphatic heterocycles. The summed E-state index contributed by atoms with van der Waals surface area (Å²) in [5, 5.41) is 9.65. The Hall–Kier alpha value is -1.99. The molecule has 3 aromatic rings. The molecule has 0 bridgehead atoms. The number of aromatic amines is 1. The van der Waals surface area contributed by atoms with Gasteiger partial charge in [0.05, 0.1) is 6.26 Å². The lowest BCUT2D eigenvalue weighted by molar-refractivity contribution is 0.0761. The Morgan fingerprint density at radius 3 is 3.08 bits per heavy atom. The van der Waals surface area contributed by atoms with Gasteiger partial charge >= 0.3 is 0 Å². The number of amides is 1. The fourth-order valence-electron chi connectivity index (χ4n) is 2.83. The second-order valence-electron chi connectivity index (χ2n) is 5.60. The zero-order chi connectivity index (χ0) is 16.4. The van der Waals surface area contributed by atoms with Crippen molar-refractivity contribution < 1.29 is 9.21 Å². The van der Waals surface area contributed by atoms with Crippen molar-refractivity contribution in [2.24, 2.45) is 0 Å². The van der Waals surface area contributed by atoms with E-state index in [1.165, 1.54) is 4.88 Å². The average molecular weight is 359 g/mol. The minimum absolute atomic E-state index is 0.0171. The van der Waals surface area contributed by atoms with Gasteiger partial charge in [-0.2, -0.15) is 16.9 Å². The van der Waals surface area contributed by atoms with Crippen molar-refractivity contribution >= 4 is 29.0 Å². The summed E-state index contributed by atoms with van der Waals surface area (Å²) in [5.74, 6) is 1.62. The summed E-state index contributed by atoms with van der Waals surface area (Å²) in [5.41, 5.74) is 1.17. The zero-order valence-corrected chi connectivity index (χ0v) is 14.6. The van der Waals surface area contributed by atoms with Crippen molar-refractivity contribution in [3.05, 3.63) is 52.5 Å². The van der Waals surface area contributed by atoms with E-state index in [9.17, 15) is 4.79 Å². The van der Waals surface area contributed by atoms with Gasteiger partial charge in [0.1, 0.15) is 5.69 Å². The van der Waals surface area contributed by atoms with Crippen LogP contribution >= 0.6 is 23.1 Å². The van der Waals surface area contributed by atoms with Crippen LogP contribution in [0.4, 0.5) is 0 Å². The summed E-state index contributed by atoms with van der Waals surface area (Å²) in [6, 6.07) is 9.69. The second kappa shape index (κ2) is 6.86. The van der Waals surface area contributed by atoms with Gasteiger partial charge in [-0.1, -0.05) is 6.07 Å². The van der Waals surface area contributed by atoms with Gasteiger partial charge in [0.2, 0.25) is 0 Å². The predicted molar refractivity (Wildman–Crippen MR) is 96.3 cm³/mol. The molecular weight excluding hydrogens is 342 g/mol. The summed E-state index contributed by atoms with van der Waals surface area (Å²) in [4.78, 5) is 16.0. The van der Waals surface area contributed by atoms with Crippen molar-refractivity contribution in [1.29, 1.82) is 0 Å². The number of hydrogen-bond donors (Lipinski definition) is 1. The van der Waals surface area contributed by atoms with Gasteiger partial charge in [0.25, 0.3) is 5.91 Å². The Bertz CT molecular complexity index is 796. The molecule has 4 heterocycles. The van der Waals surface area contributed by atoms with E-state index in [4.69, 9.17) is 4.42 Å². The number of aromatic nitrogens is 2. The normalized spacial score (nSPS) is 18.5. The lowest BCUT2D eigenvalue weighted by Gasteiger charge is -2.18. The van der Waals surface area contributed by atoms with Gasteiger partial charge in [-0.15, -0.1) is 11.3 Å². The molecule has 0 radical (unpaired) electrons. The number of nitrogens with zero attached hydrogens (tertiary/aromatic N) is 2. The predicted octanol–water partition coefficient (Wildman–Crippen LogP) is 4.05. The highest BCUT2D eigenvalue weighted by Gasteiger charge is 2.25. The molecule has 24 heavy (non-hydrogen) atoms. The maximum atomic E-state index is 12.7. The lowest BCUT2D eigenvalue weighted by Crippen LogP contribution is -2.33. The molecule has 0 spiro atoms. The van der Waals surface area contributed by atoms with E-state index in [2.05, 4.69) is 27.7 Å². The third kappa shape index (κ3) is 3.14. The van der Waals surface area contributed by atoms with Gasteiger partial charge in [-0.3, -0.25) is 9.89 Å². The van der Waals surface area contributed by atoms with Crippen molar-refractivity contribution in [3.63, 3.8) is 0 Å². The van der Waals surface area contributed by atoms with Gasteiger partial charge in [0, 0.05) is 35.0 Å². The van der Waals surface area contributed by atoms with Crippen LogP contribution in [0.1, 0.15) is 27.0 Å². The van der Waals surface area contributed by atoms with Gasteiger partial charge in [-0.05, 0) is 30.0 Å². The molecule has 0 unspecified atom stereocenters. The number of carbonyl (C=O) groups is 1. The molecule has 0 aliphatic carbocycles. The Balaban J connectivity index is 1.45. The van der Waals surface area contributed by atoms with Crippen LogP contribution in [0.25, 0.3) is 11.5 Å². The first kappa shape index (κ1) is 15.5. The highest BCUT2D eigenvalue weighted by Crippen LogP contribution is 2.36. The number of H-pyrrole nitrogens is 1. The summed E-state index contributed by atoms with van der Waals surface area (Å²) in [6.45, 7) is 1.52. The molecule has 3 aromatic heterocycles. The maximum absolute atomic E-state index is 12.7. The minimum atomic E-state index is -0.0171. The maximum Gasteiger partial charge on any atom is 0.274 e. The standard InChI is InChI=1S/C17H17N3O2S2/c21-17(13-11-12(18-19-13)14-3-1-8-22-14)20-6-5-16(24-10-7-20)15-4-2-9-23-15/h1-4,8-9,11,16H,5-7,10H2,(H,18,19)/t16-/m1/s1. The molecule has 0 aromatic carbocycles. The van der Waals surface area contributed by atoms with Gasteiger partial charge < -0.3 is 9.32 Å². The molecule has 0 saturated carbocycles. The second-order valence-corrected chi connectivity index (χ2v) is 7.89. The number of rotatable bonds is 3. The first-order chi connectivity index (χ1) is 11.8. The third-order valence-electron chi connectivity index (χ3n) is 4.07. The molecule has 1 aliphatic rings. The molecule has 1 atom stereocenters. The zero-order valence-electron chi connectivity index (χ0n) is 13.0. The van der Waals surface area contributed by atoms with E-state index in [1.807, 2.05) is 28.8 Å². The van der Waals surface area contributed by atoms with Gasteiger partial charge in [0.15, 0.2) is 11.5 Å². The van der Waals surface area contributed by atoms with Crippen LogP contribution in [0.3, 0.4) is 0 Å². The van der Waals surface area contributed by atoms with Crippen LogP contribution in [-0.2, 0) is 0 Å². The van der Waals surface area contributed by atoms with Crippen LogP contribution in [0.2, 0.25) is 0 Å². The van der Waals surface area contributed by atoms with E-state index in [0.29, 0.717) is 16.7 Å². The number of hydrogen-bond acceptors (Lipinski definition) is 5. The van der Waals surface area contributed by atoms with E-state index < -0.39 is 0 Å². The van der Waals surface area contributed by atoms with Crippen LogP contribution < -0.4 is 0 Å². The topological polar surface area (TPSA) is 62.1 Å². The molecule has 5 nitrogen and oxygen atoms in total. The van der Waals surface area contributed by atoms with Crippen molar-refractivity contribution in [2.45, 2.75) is 11.7 Å². The Morgan fingerprint density at radius 1 is 1.33 bits per heavy atom. The highest BCUT2D eigenvalue weighted by molar-refractivity contribution is 7.99. The SMILES string of the molecule is O=C(c1cc(-c2ccco2)[nH]n1)N1CCS[C@@H](c2cccs2)CC1. The summed E-state index contributed by atoms with van der Waals surface area (Å²) in [6.07, 6.45) is 2.58. The van der Waals surface area contributed by atoms with E-state index in [0.717, 1.165) is 31.0 Å². The summed E-state index contributed by atoms with van der Waals surface area (Å²) >= 11 is 3.73. The molecule has 124 valence electrons. The number of carbonyl (C=O) groups excluding carboxylic acids is 1. The monoisotopic (exact) mass is 359 g/mol. The van der Waals surface area contributed by atoms with Crippen molar-refractivity contribution in [2.75, 3.05) is 18.8 Å². The first-order valence-corrected chi connectivity index (χ1v) is 9.77. The van der Waals surface area contributed by atoms with Crippen LogP contribution in [0.5, 0.6) is 0 Å². The van der Waals surface area contributed by atoms with E-state index in [1.54, 1.807) is 23.7 Å². The lowest BCUT2D eigenvalue weighted by atomic mass is 10.2. The van der Waals surface area contributed by atoms with E-state index in [-0.39, 0.29) is 5.91 Å². The van der Waals surface area contributed by atoms with Crippen LogP contribution in [0.15, 0.2) is 46.4 Å². The number of nitrogens with one attached hydrogen (secondary N) is 1. The van der Waals surface area contributed by atoms with Crippen LogP contribution in [-0.4, -0.2) is 39.8 Å². The smallest absolute Gasteiger partial charge is 0.274 e. The molecule has 1 amide bonds. The summed E-state index contributed by atoms with van der Waals surface area (Å²) in [7, 11) is 0. The molecule has 4 rings (SSSR count). The summed E-state index contributed by atoms with van der Waals surface area (Å²) < 4.78 is 5.34. The van der Waals surface area contributed by atoms with Crippen LogP contribution in [0, 0.1) is 0 Å². The first-order valence-electron chi connectivity index (χ1n) is 7.85. The fourth-order valence-corrected chi connectivity index (χ4v) is 5.06. The molecular formula is C17H17N3O2S2. The van der Waals surface area contributed by atoms with E-state index >= 15 is 0 Å². The number of furan rings is 1. The van der Waals surface area contributed by atoms with Gasteiger partial charge in [-0.25, -0.2) is 0 Å². The average Bonchev–Trinajstić information content (AvgIpc) is 3.33. The molecule has 1 N–H and O–H groups in total. The Labute approximate surface area is 148 Å². The Morgan fingerprint density at radius 2 is 2.29 bits per heavy atom. The largest absolute Gasteiger partial charge is 0.463 e. The minimum Gasteiger partial charge on any atom is -0.463 e. The highest BCUT2D eigenvalue weighted by atomic mass is 32.2. The Kier molecular flexibility index (Phi) is 4.44. The quantitative estimate of drug-likeness (QED) is 0.766. The fraction of sp³-hybridized carbons (Fsp3) is 0.294. The molecule has 1 saturated heterocycles. The number of thiophene rings is 1. The molecule has 7 heteroatoms. The third-order valence-corrected chi connectivity index (χ3v) is 6.52. The van der Waals surface area contributed by atoms with Crippen molar-refractivity contribution in [3.8, 4) is 11.5 Å². The molecule has 1 fully saturated rings.